The SMILES string of the molecule is CN=C(NCCc1ccc(C)nc1)NC1CCN(c2ccccc2OC)C1.I. The number of hydrogen-bond acceptors (Lipinski definition) is 4. The number of aromatic nitrogens is 1. The number of rotatable bonds is 6. The highest BCUT2D eigenvalue weighted by Crippen LogP contribution is 2.30. The van der Waals surface area contributed by atoms with E-state index in [9.17, 15) is 0 Å². The average molecular weight is 495 g/mol. The number of nitrogens with zero attached hydrogens (tertiary/aromatic N) is 3. The summed E-state index contributed by atoms with van der Waals surface area (Å²) in [5.74, 6) is 1.77. The van der Waals surface area contributed by atoms with Gasteiger partial charge in [-0.15, -0.1) is 24.0 Å². The molecule has 2 heterocycles. The van der Waals surface area contributed by atoms with Gasteiger partial charge in [0.1, 0.15) is 5.75 Å². The van der Waals surface area contributed by atoms with E-state index in [0.29, 0.717) is 6.04 Å². The van der Waals surface area contributed by atoms with Gasteiger partial charge in [0.25, 0.3) is 0 Å². The molecule has 0 spiro atoms. The van der Waals surface area contributed by atoms with Crippen molar-refractivity contribution in [2.45, 2.75) is 25.8 Å². The zero-order valence-electron chi connectivity index (χ0n) is 16.8. The summed E-state index contributed by atoms with van der Waals surface area (Å²) >= 11 is 0. The molecule has 7 heteroatoms. The number of halogens is 1. The molecule has 1 aromatic heterocycles. The molecule has 1 saturated heterocycles. The van der Waals surface area contributed by atoms with E-state index in [2.05, 4.69) is 43.7 Å². The van der Waals surface area contributed by atoms with Crippen molar-refractivity contribution in [2.24, 2.45) is 4.99 Å². The first-order valence-electron chi connectivity index (χ1n) is 9.46. The minimum absolute atomic E-state index is 0. The Balaban J connectivity index is 0.00000280. The van der Waals surface area contributed by atoms with Crippen molar-refractivity contribution in [3.8, 4) is 5.75 Å². The van der Waals surface area contributed by atoms with Gasteiger partial charge in [-0.3, -0.25) is 9.98 Å². The highest BCUT2D eigenvalue weighted by molar-refractivity contribution is 14.0. The first kappa shape index (κ1) is 22.3. The van der Waals surface area contributed by atoms with Gasteiger partial charge in [-0.1, -0.05) is 18.2 Å². The smallest absolute Gasteiger partial charge is 0.191 e. The van der Waals surface area contributed by atoms with Gasteiger partial charge in [-0.2, -0.15) is 0 Å². The molecule has 152 valence electrons. The Hall–Kier alpha value is -2.03. The Morgan fingerprint density at radius 2 is 2.11 bits per heavy atom. The highest BCUT2D eigenvalue weighted by atomic mass is 127. The van der Waals surface area contributed by atoms with Crippen LogP contribution in [0.4, 0.5) is 5.69 Å². The molecule has 1 aromatic carbocycles. The van der Waals surface area contributed by atoms with Gasteiger partial charge < -0.3 is 20.3 Å². The molecule has 1 aliphatic heterocycles. The quantitative estimate of drug-likeness (QED) is 0.367. The average Bonchev–Trinajstić information content (AvgIpc) is 3.17. The van der Waals surface area contributed by atoms with Crippen molar-refractivity contribution in [1.82, 2.24) is 15.6 Å². The van der Waals surface area contributed by atoms with E-state index < -0.39 is 0 Å². The topological polar surface area (TPSA) is 61.8 Å². The molecule has 2 N–H and O–H groups in total. The minimum Gasteiger partial charge on any atom is -0.495 e. The molecule has 0 bridgehead atoms. The van der Waals surface area contributed by atoms with Crippen molar-refractivity contribution in [3.05, 3.63) is 53.9 Å². The molecule has 3 rings (SSSR count). The fourth-order valence-electron chi connectivity index (χ4n) is 3.35. The van der Waals surface area contributed by atoms with Crippen molar-refractivity contribution in [3.63, 3.8) is 0 Å². The molecule has 1 fully saturated rings. The summed E-state index contributed by atoms with van der Waals surface area (Å²) in [4.78, 5) is 11.1. The summed E-state index contributed by atoms with van der Waals surface area (Å²) in [6.45, 7) is 4.77. The van der Waals surface area contributed by atoms with Crippen LogP contribution in [0.15, 0.2) is 47.6 Å². The summed E-state index contributed by atoms with van der Waals surface area (Å²) in [6.07, 6.45) is 3.93. The first-order valence-corrected chi connectivity index (χ1v) is 9.46. The van der Waals surface area contributed by atoms with Gasteiger partial charge >= 0.3 is 0 Å². The third-order valence-corrected chi connectivity index (χ3v) is 4.86. The lowest BCUT2D eigenvalue weighted by Crippen LogP contribution is -2.45. The van der Waals surface area contributed by atoms with Crippen LogP contribution < -0.4 is 20.3 Å². The molecule has 2 aromatic rings. The summed E-state index contributed by atoms with van der Waals surface area (Å²) in [7, 11) is 3.54. The van der Waals surface area contributed by atoms with Crippen LogP contribution in [0.1, 0.15) is 17.7 Å². The number of aryl methyl sites for hydroxylation is 1. The minimum atomic E-state index is 0. The van der Waals surface area contributed by atoms with Gasteiger partial charge in [-0.05, 0) is 43.5 Å². The molecule has 1 atom stereocenters. The fraction of sp³-hybridized carbons (Fsp3) is 0.429. The molecular formula is C21H30IN5O. The number of aliphatic imine (C=N–C) groups is 1. The predicted molar refractivity (Wildman–Crippen MR) is 126 cm³/mol. The van der Waals surface area contributed by atoms with Gasteiger partial charge in [0.05, 0.1) is 12.8 Å². The fourth-order valence-corrected chi connectivity index (χ4v) is 3.35. The molecule has 0 radical (unpaired) electrons. The van der Waals surface area contributed by atoms with E-state index >= 15 is 0 Å². The first-order chi connectivity index (χ1) is 13.2. The van der Waals surface area contributed by atoms with Crippen LogP contribution in [0, 0.1) is 6.92 Å². The second-order valence-corrected chi connectivity index (χ2v) is 6.80. The zero-order valence-corrected chi connectivity index (χ0v) is 19.1. The van der Waals surface area contributed by atoms with Crippen LogP contribution >= 0.6 is 24.0 Å². The molecule has 0 aliphatic carbocycles. The second kappa shape index (κ2) is 11.1. The normalized spacial score (nSPS) is 16.5. The standard InChI is InChI=1S/C21H29N5O.HI/c1-16-8-9-17(14-24-16)10-12-23-21(22-2)25-18-11-13-26(15-18)19-6-4-5-7-20(19)27-3;/h4-9,14,18H,10-13,15H2,1-3H3,(H2,22,23,25);1H. The van der Waals surface area contributed by atoms with Gasteiger partial charge in [-0.25, -0.2) is 0 Å². The van der Waals surface area contributed by atoms with Crippen molar-refractivity contribution >= 4 is 35.6 Å². The summed E-state index contributed by atoms with van der Waals surface area (Å²) < 4.78 is 5.49. The number of ether oxygens (including phenoxy) is 1. The van der Waals surface area contributed by atoms with Gasteiger partial charge in [0.15, 0.2) is 5.96 Å². The van der Waals surface area contributed by atoms with Gasteiger partial charge in [0, 0.05) is 44.6 Å². The van der Waals surface area contributed by atoms with Crippen molar-refractivity contribution in [2.75, 3.05) is 38.7 Å². The Labute approximate surface area is 184 Å². The lowest BCUT2D eigenvalue weighted by molar-refractivity contribution is 0.415. The number of methoxy groups -OCH3 is 1. The highest BCUT2D eigenvalue weighted by Gasteiger charge is 2.25. The van der Waals surface area contributed by atoms with E-state index in [1.54, 1.807) is 7.11 Å². The molecule has 1 aliphatic rings. The lowest BCUT2D eigenvalue weighted by Gasteiger charge is -2.22. The maximum atomic E-state index is 5.49. The second-order valence-electron chi connectivity index (χ2n) is 6.80. The number of pyridine rings is 1. The van der Waals surface area contributed by atoms with Crippen LogP contribution in [-0.2, 0) is 6.42 Å². The van der Waals surface area contributed by atoms with Crippen LogP contribution in [0.5, 0.6) is 5.75 Å². The van der Waals surface area contributed by atoms with E-state index in [1.165, 1.54) is 5.56 Å². The maximum absolute atomic E-state index is 5.49. The molecule has 0 saturated carbocycles. The Bertz CT molecular complexity index is 766. The van der Waals surface area contributed by atoms with Crippen LogP contribution in [0.25, 0.3) is 0 Å². The number of guanidine groups is 1. The Morgan fingerprint density at radius 3 is 2.82 bits per heavy atom. The molecule has 0 amide bonds. The number of hydrogen-bond donors (Lipinski definition) is 2. The third kappa shape index (κ3) is 5.98. The molecule has 6 nitrogen and oxygen atoms in total. The van der Waals surface area contributed by atoms with Gasteiger partial charge in [0.2, 0.25) is 0 Å². The third-order valence-electron chi connectivity index (χ3n) is 4.86. The molecular weight excluding hydrogens is 465 g/mol. The summed E-state index contributed by atoms with van der Waals surface area (Å²) in [5.41, 5.74) is 3.43. The van der Waals surface area contributed by atoms with Crippen LogP contribution in [0.3, 0.4) is 0 Å². The van der Waals surface area contributed by atoms with Crippen LogP contribution in [-0.4, -0.2) is 50.8 Å². The number of para-hydroxylation sites is 2. The van der Waals surface area contributed by atoms with Crippen LogP contribution in [0.2, 0.25) is 0 Å². The molecule has 28 heavy (non-hydrogen) atoms. The Kier molecular flexibility index (Phi) is 8.82. The monoisotopic (exact) mass is 495 g/mol. The lowest BCUT2D eigenvalue weighted by atomic mass is 10.2. The summed E-state index contributed by atoms with van der Waals surface area (Å²) in [6, 6.07) is 12.7. The van der Waals surface area contributed by atoms with E-state index in [0.717, 1.165) is 55.6 Å². The predicted octanol–water partition coefficient (Wildman–Crippen LogP) is 3.00. The largest absolute Gasteiger partial charge is 0.495 e. The van der Waals surface area contributed by atoms with E-state index in [-0.39, 0.29) is 24.0 Å². The summed E-state index contributed by atoms with van der Waals surface area (Å²) in [5, 5.41) is 6.94. The van der Waals surface area contributed by atoms with Crippen molar-refractivity contribution < 1.29 is 4.74 Å². The van der Waals surface area contributed by atoms with E-state index in [4.69, 9.17) is 4.74 Å². The number of benzene rings is 1. The number of anilines is 1. The zero-order chi connectivity index (χ0) is 19.1. The van der Waals surface area contributed by atoms with E-state index in [1.807, 2.05) is 38.4 Å². The maximum Gasteiger partial charge on any atom is 0.191 e. The number of nitrogens with one attached hydrogen (secondary N) is 2. The molecule has 1 unspecified atom stereocenters. The van der Waals surface area contributed by atoms with Crippen molar-refractivity contribution in [1.29, 1.82) is 0 Å². The Morgan fingerprint density at radius 1 is 1.29 bits per heavy atom.